The minimum absolute atomic E-state index is 0.0132. The summed E-state index contributed by atoms with van der Waals surface area (Å²) in [5, 5.41) is 0. The molecular weight excluding hydrogens is 157 g/mol. The molecule has 2 aliphatic rings. The van der Waals surface area contributed by atoms with Gasteiger partial charge in [0.1, 0.15) is 17.7 Å². The van der Waals surface area contributed by atoms with E-state index < -0.39 is 0 Å². The molecule has 0 bridgehead atoms. The van der Waals surface area contributed by atoms with Crippen molar-refractivity contribution in [3.8, 4) is 0 Å². The lowest BCUT2D eigenvalue weighted by molar-refractivity contribution is 0.123. The molecule has 64 valence electrons. The fourth-order valence-electron chi connectivity index (χ4n) is 1.37. The lowest BCUT2D eigenvalue weighted by atomic mass is 10.1. The molecule has 12 heavy (non-hydrogen) atoms. The highest BCUT2D eigenvalue weighted by Gasteiger charge is 2.23. The molecule has 0 saturated heterocycles. The van der Waals surface area contributed by atoms with Gasteiger partial charge in [0, 0.05) is 18.5 Å². The first-order valence-electron chi connectivity index (χ1n) is 3.96. The Morgan fingerprint density at radius 3 is 3.17 bits per heavy atom. The number of fused-ring (bicyclic) bond motifs is 1. The second kappa shape index (κ2) is 2.75. The quantitative estimate of drug-likeness (QED) is 0.640. The number of hydrogen-bond acceptors (Lipinski definition) is 2. The Morgan fingerprint density at radius 2 is 2.42 bits per heavy atom. The maximum atomic E-state index is 12.9. The van der Waals surface area contributed by atoms with Gasteiger partial charge >= 0.3 is 0 Å². The lowest BCUT2D eigenvalue weighted by Crippen LogP contribution is -2.25. The van der Waals surface area contributed by atoms with Crippen LogP contribution in [0.2, 0.25) is 0 Å². The van der Waals surface area contributed by atoms with Crippen LogP contribution in [0.15, 0.2) is 35.4 Å². The number of halogens is 1. The number of nitrogens with two attached hydrogens (primary N) is 1. The molecule has 2 rings (SSSR count). The van der Waals surface area contributed by atoms with Crippen molar-refractivity contribution in [2.45, 2.75) is 12.5 Å². The zero-order valence-electron chi connectivity index (χ0n) is 6.59. The zero-order valence-corrected chi connectivity index (χ0v) is 6.59. The molecule has 0 radical (unpaired) electrons. The summed E-state index contributed by atoms with van der Waals surface area (Å²) in [5.74, 6) is 0.412. The van der Waals surface area contributed by atoms with E-state index in [2.05, 4.69) is 0 Å². The maximum absolute atomic E-state index is 12.9. The monoisotopic (exact) mass is 167 g/mol. The number of hydrogen-bond donors (Lipinski definition) is 1. The molecule has 0 aromatic heterocycles. The molecule has 3 heteroatoms. The summed E-state index contributed by atoms with van der Waals surface area (Å²) in [7, 11) is 0. The molecule has 0 fully saturated rings. The first-order valence-corrected chi connectivity index (χ1v) is 3.96. The van der Waals surface area contributed by atoms with Crippen molar-refractivity contribution in [3.63, 3.8) is 0 Å². The average Bonchev–Trinajstić information content (AvgIpc) is 2.47. The van der Waals surface area contributed by atoms with Crippen LogP contribution < -0.4 is 5.73 Å². The third-order valence-electron chi connectivity index (χ3n) is 2.05. The Balaban J connectivity index is 2.21. The molecule has 0 saturated carbocycles. The molecule has 1 unspecified atom stereocenters. The number of allylic oxidation sites excluding steroid dienone is 3. The standard InChI is InChI=1S/C9H10FNO/c10-8-3-4-9-7(8)2-1-6(5-11)12-9/h2-4,6H,1,5,11H2. The molecule has 2 nitrogen and oxygen atoms in total. The van der Waals surface area contributed by atoms with Crippen molar-refractivity contribution in [2.75, 3.05) is 6.54 Å². The first kappa shape index (κ1) is 7.55. The van der Waals surface area contributed by atoms with Crippen LogP contribution in [-0.2, 0) is 4.74 Å². The fourth-order valence-corrected chi connectivity index (χ4v) is 1.37. The molecule has 2 N–H and O–H groups in total. The predicted octanol–water partition coefficient (Wildman–Crippen LogP) is 1.41. The maximum Gasteiger partial charge on any atom is 0.133 e. The fraction of sp³-hybridized carbons (Fsp3) is 0.333. The third kappa shape index (κ3) is 1.06. The zero-order chi connectivity index (χ0) is 8.55. The normalized spacial score (nSPS) is 26.8. The highest BCUT2D eigenvalue weighted by atomic mass is 19.1. The van der Waals surface area contributed by atoms with Crippen molar-refractivity contribution >= 4 is 0 Å². The molecule has 1 heterocycles. The van der Waals surface area contributed by atoms with Gasteiger partial charge in [-0.2, -0.15) is 0 Å². The Labute approximate surface area is 70.2 Å². The molecule has 0 aromatic rings. The summed E-state index contributed by atoms with van der Waals surface area (Å²) >= 11 is 0. The number of ether oxygens (including phenoxy) is 1. The molecule has 1 aliphatic carbocycles. The van der Waals surface area contributed by atoms with Crippen LogP contribution >= 0.6 is 0 Å². The second-order valence-electron chi connectivity index (χ2n) is 2.87. The van der Waals surface area contributed by atoms with Crippen LogP contribution in [0.5, 0.6) is 0 Å². The van der Waals surface area contributed by atoms with E-state index in [1.807, 2.05) is 6.08 Å². The van der Waals surface area contributed by atoms with Gasteiger partial charge in [-0.1, -0.05) is 6.08 Å². The van der Waals surface area contributed by atoms with Crippen LogP contribution in [0.1, 0.15) is 6.42 Å². The van der Waals surface area contributed by atoms with Gasteiger partial charge in [0.2, 0.25) is 0 Å². The highest BCUT2D eigenvalue weighted by molar-refractivity contribution is 5.50. The van der Waals surface area contributed by atoms with Gasteiger partial charge in [-0.3, -0.25) is 0 Å². The van der Waals surface area contributed by atoms with E-state index in [1.165, 1.54) is 6.08 Å². The summed E-state index contributed by atoms with van der Waals surface area (Å²) in [5.41, 5.74) is 6.01. The van der Waals surface area contributed by atoms with Crippen LogP contribution in [-0.4, -0.2) is 12.6 Å². The highest BCUT2D eigenvalue weighted by Crippen LogP contribution is 2.32. The van der Waals surface area contributed by atoms with Gasteiger partial charge in [-0.05, 0) is 12.2 Å². The van der Waals surface area contributed by atoms with Gasteiger partial charge < -0.3 is 10.5 Å². The van der Waals surface area contributed by atoms with Crippen LogP contribution in [0.4, 0.5) is 4.39 Å². The summed E-state index contributed by atoms with van der Waals surface area (Å²) in [6.45, 7) is 0.475. The van der Waals surface area contributed by atoms with Crippen LogP contribution in [0.25, 0.3) is 0 Å². The molecule has 0 spiro atoms. The molecule has 1 aliphatic heterocycles. The SMILES string of the molecule is NCC1CC=C2C(F)=CC=C2O1. The van der Waals surface area contributed by atoms with E-state index in [-0.39, 0.29) is 11.9 Å². The van der Waals surface area contributed by atoms with E-state index in [4.69, 9.17) is 10.5 Å². The van der Waals surface area contributed by atoms with Crippen molar-refractivity contribution in [1.82, 2.24) is 0 Å². The van der Waals surface area contributed by atoms with Gasteiger partial charge in [0.15, 0.2) is 0 Å². The van der Waals surface area contributed by atoms with Crippen LogP contribution in [0, 0.1) is 0 Å². The summed E-state index contributed by atoms with van der Waals surface area (Å²) in [4.78, 5) is 0. The van der Waals surface area contributed by atoms with E-state index >= 15 is 0 Å². The number of rotatable bonds is 1. The van der Waals surface area contributed by atoms with Gasteiger partial charge in [0.25, 0.3) is 0 Å². The van der Waals surface area contributed by atoms with E-state index in [9.17, 15) is 4.39 Å². The Kier molecular flexibility index (Phi) is 1.73. The van der Waals surface area contributed by atoms with Gasteiger partial charge in [-0.25, -0.2) is 4.39 Å². The first-order chi connectivity index (χ1) is 5.81. The van der Waals surface area contributed by atoms with Gasteiger partial charge in [-0.15, -0.1) is 0 Å². The smallest absolute Gasteiger partial charge is 0.133 e. The molecular formula is C9H10FNO. The average molecular weight is 167 g/mol. The van der Waals surface area contributed by atoms with Crippen LogP contribution in [0.3, 0.4) is 0 Å². The predicted molar refractivity (Wildman–Crippen MR) is 43.9 cm³/mol. The minimum atomic E-state index is -0.208. The second-order valence-corrected chi connectivity index (χ2v) is 2.87. The van der Waals surface area contributed by atoms with Crippen molar-refractivity contribution in [2.24, 2.45) is 5.73 Å². The van der Waals surface area contributed by atoms with Crippen molar-refractivity contribution in [3.05, 3.63) is 35.4 Å². The minimum Gasteiger partial charge on any atom is -0.488 e. The van der Waals surface area contributed by atoms with Crippen molar-refractivity contribution in [1.29, 1.82) is 0 Å². The van der Waals surface area contributed by atoms with Gasteiger partial charge in [0.05, 0.1) is 0 Å². The molecule has 1 atom stereocenters. The molecule has 0 aromatic carbocycles. The van der Waals surface area contributed by atoms with Crippen molar-refractivity contribution < 1.29 is 9.13 Å². The Morgan fingerprint density at radius 1 is 1.58 bits per heavy atom. The summed E-state index contributed by atoms with van der Waals surface area (Å²) in [6.07, 6.45) is 5.61. The van der Waals surface area contributed by atoms with E-state index in [0.717, 1.165) is 0 Å². The molecule has 0 amide bonds. The largest absolute Gasteiger partial charge is 0.488 e. The topological polar surface area (TPSA) is 35.2 Å². The lowest BCUT2D eigenvalue weighted by Gasteiger charge is -2.22. The Hall–Kier alpha value is -1.09. The Bertz CT molecular complexity index is 291. The summed E-state index contributed by atoms with van der Waals surface area (Å²) in [6, 6.07) is 0. The third-order valence-corrected chi connectivity index (χ3v) is 2.05. The van der Waals surface area contributed by atoms with E-state index in [1.54, 1.807) is 6.08 Å². The summed E-state index contributed by atoms with van der Waals surface area (Å²) < 4.78 is 18.3. The van der Waals surface area contributed by atoms with E-state index in [0.29, 0.717) is 24.3 Å².